The predicted molar refractivity (Wildman–Crippen MR) is 150 cm³/mol. The molecule has 0 saturated heterocycles. The van der Waals surface area contributed by atoms with Crippen LogP contribution in [0, 0.1) is 6.92 Å². The standard InChI is InChI=1S/C31H29NO3S.Li.H/c1-21-9-6-7-14-26(21)28-20-25(24-13-8-12-23(19-24)22-10-4-3-5-11-22)15-16-27(28)30(33)32-29(31(34)35)17-18-36-2;;/h3-16,19-20,29H,17-18H2,1-2H3,(H,32,33)(H,34,35);;/q;+1;-1/t29-;;/m0../s1. The molecule has 4 aromatic rings. The molecule has 2 N–H and O–H groups in total. The number of benzene rings is 4. The summed E-state index contributed by atoms with van der Waals surface area (Å²) in [6, 6.07) is 31.3. The molecule has 0 aliphatic carbocycles. The number of carbonyl (C=O) groups excluding carboxylic acids is 1. The Balaban J connectivity index is 0.00000253. The number of carbonyl (C=O) groups is 2. The van der Waals surface area contributed by atoms with Gasteiger partial charge in [0.25, 0.3) is 5.91 Å². The molecule has 0 spiro atoms. The van der Waals surface area contributed by atoms with Gasteiger partial charge in [0.2, 0.25) is 0 Å². The first-order valence-corrected chi connectivity index (χ1v) is 13.3. The van der Waals surface area contributed by atoms with Gasteiger partial charge in [-0.1, -0.05) is 78.9 Å². The van der Waals surface area contributed by atoms with Crippen molar-refractivity contribution in [2.45, 2.75) is 19.4 Å². The molecule has 0 aliphatic heterocycles. The summed E-state index contributed by atoms with van der Waals surface area (Å²) in [6.45, 7) is 2.01. The van der Waals surface area contributed by atoms with Crippen LogP contribution < -0.4 is 24.2 Å². The zero-order valence-electron chi connectivity index (χ0n) is 22.4. The van der Waals surface area contributed by atoms with Gasteiger partial charge in [-0.15, -0.1) is 0 Å². The number of hydrogen-bond acceptors (Lipinski definition) is 3. The number of rotatable bonds is 9. The quantitative estimate of drug-likeness (QED) is 0.338. The first kappa shape index (κ1) is 28.3. The van der Waals surface area contributed by atoms with Crippen LogP contribution in [0.4, 0.5) is 0 Å². The van der Waals surface area contributed by atoms with E-state index in [0.29, 0.717) is 17.7 Å². The number of carboxylic acid groups (broad SMARTS) is 1. The van der Waals surface area contributed by atoms with Crippen LogP contribution in [-0.2, 0) is 4.79 Å². The van der Waals surface area contributed by atoms with E-state index in [1.807, 2.05) is 73.8 Å². The third-order valence-electron chi connectivity index (χ3n) is 6.22. The zero-order valence-corrected chi connectivity index (χ0v) is 22.2. The smallest absolute Gasteiger partial charge is 1.00 e. The Hall–Kier alpha value is -3.23. The fourth-order valence-electron chi connectivity index (χ4n) is 4.26. The fourth-order valence-corrected chi connectivity index (χ4v) is 4.73. The van der Waals surface area contributed by atoms with E-state index in [0.717, 1.165) is 38.9 Å². The Morgan fingerprint density at radius 3 is 2.11 bits per heavy atom. The maximum absolute atomic E-state index is 13.3. The van der Waals surface area contributed by atoms with Gasteiger partial charge in [0.15, 0.2) is 0 Å². The van der Waals surface area contributed by atoms with Crippen LogP contribution in [0.15, 0.2) is 97.1 Å². The van der Waals surface area contributed by atoms with Crippen molar-refractivity contribution in [2.75, 3.05) is 12.0 Å². The summed E-state index contributed by atoms with van der Waals surface area (Å²) in [7, 11) is 0. The topological polar surface area (TPSA) is 66.4 Å². The molecule has 0 heterocycles. The van der Waals surface area contributed by atoms with Crippen LogP contribution in [0.1, 0.15) is 23.8 Å². The molecule has 0 bridgehead atoms. The van der Waals surface area contributed by atoms with Crippen molar-refractivity contribution in [1.82, 2.24) is 5.32 Å². The van der Waals surface area contributed by atoms with Gasteiger partial charge < -0.3 is 11.8 Å². The SMILES string of the molecule is CSCC[C@H](NC(=O)c1ccc(-c2cccc(-c3ccccc3)c2)cc1-c1ccccc1C)C(=O)O.[H-].[Li+]. The van der Waals surface area contributed by atoms with Crippen molar-refractivity contribution in [3.8, 4) is 33.4 Å². The molecule has 184 valence electrons. The molecule has 0 radical (unpaired) electrons. The Morgan fingerprint density at radius 2 is 1.43 bits per heavy atom. The Morgan fingerprint density at radius 1 is 0.811 bits per heavy atom. The second-order valence-electron chi connectivity index (χ2n) is 8.67. The monoisotopic (exact) mass is 503 g/mol. The average Bonchev–Trinajstić information content (AvgIpc) is 2.91. The van der Waals surface area contributed by atoms with Crippen molar-refractivity contribution in [3.05, 3.63) is 108 Å². The summed E-state index contributed by atoms with van der Waals surface area (Å²) < 4.78 is 0. The molecule has 4 rings (SSSR count). The van der Waals surface area contributed by atoms with Crippen molar-refractivity contribution in [1.29, 1.82) is 0 Å². The molecule has 0 aliphatic rings. The summed E-state index contributed by atoms with van der Waals surface area (Å²) in [5, 5.41) is 12.4. The van der Waals surface area contributed by atoms with Crippen LogP contribution in [-0.4, -0.2) is 35.0 Å². The molecule has 0 aromatic heterocycles. The minimum Gasteiger partial charge on any atom is -1.00 e. The van der Waals surface area contributed by atoms with Gasteiger partial charge in [-0.3, -0.25) is 4.79 Å². The molecule has 1 atom stereocenters. The fraction of sp³-hybridized carbons (Fsp3) is 0.161. The van der Waals surface area contributed by atoms with Gasteiger partial charge >= 0.3 is 24.8 Å². The van der Waals surface area contributed by atoms with Gasteiger partial charge in [0, 0.05) is 5.56 Å². The molecule has 4 nitrogen and oxygen atoms in total. The van der Waals surface area contributed by atoms with E-state index in [4.69, 9.17) is 0 Å². The van der Waals surface area contributed by atoms with Crippen LogP contribution in [0.2, 0.25) is 0 Å². The predicted octanol–water partition coefficient (Wildman–Crippen LogP) is 4.05. The maximum Gasteiger partial charge on any atom is 1.00 e. The molecule has 4 aromatic carbocycles. The van der Waals surface area contributed by atoms with E-state index < -0.39 is 12.0 Å². The largest absolute Gasteiger partial charge is 1.00 e. The van der Waals surface area contributed by atoms with E-state index in [1.165, 1.54) is 0 Å². The number of aliphatic carboxylic acids is 1. The minimum atomic E-state index is -1.02. The number of nitrogens with one attached hydrogen (secondary N) is 1. The van der Waals surface area contributed by atoms with E-state index in [1.54, 1.807) is 17.8 Å². The second kappa shape index (κ2) is 13.4. The zero-order chi connectivity index (χ0) is 25.5. The molecule has 0 fully saturated rings. The average molecular weight is 504 g/mol. The maximum atomic E-state index is 13.3. The van der Waals surface area contributed by atoms with E-state index in [9.17, 15) is 14.7 Å². The van der Waals surface area contributed by atoms with Gasteiger partial charge in [-0.25, -0.2) is 4.79 Å². The van der Waals surface area contributed by atoms with Gasteiger partial charge in [-0.05, 0) is 82.5 Å². The van der Waals surface area contributed by atoms with Gasteiger partial charge in [0.1, 0.15) is 6.04 Å². The van der Waals surface area contributed by atoms with Crippen molar-refractivity contribution in [3.63, 3.8) is 0 Å². The van der Waals surface area contributed by atoms with Crippen molar-refractivity contribution in [2.24, 2.45) is 0 Å². The second-order valence-corrected chi connectivity index (χ2v) is 9.65. The number of aryl methyl sites for hydroxylation is 1. The van der Waals surface area contributed by atoms with Crippen LogP contribution in [0.25, 0.3) is 33.4 Å². The van der Waals surface area contributed by atoms with Crippen LogP contribution >= 0.6 is 11.8 Å². The third kappa shape index (κ3) is 6.96. The van der Waals surface area contributed by atoms with E-state index in [-0.39, 0.29) is 26.2 Å². The number of carboxylic acids is 1. The molecule has 1 amide bonds. The first-order chi connectivity index (χ1) is 17.5. The summed E-state index contributed by atoms with van der Waals surface area (Å²) in [5.41, 5.74) is 7.51. The van der Waals surface area contributed by atoms with E-state index in [2.05, 4.69) is 35.6 Å². The Bertz CT molecular complexity index is 1380. The van der Waals surface area contributed by atoms with Crippen LogP contribution in [0.5, 0.6) is 0 Å². The number of amides is 1. The number of hydrogen-bond donors (Lipinski definition) is 2. The van der Waals surface area contributed by atoms with Crippen molar-refractivity contribution >= 4 is 23.6 Å². The first-order valence-electron chi connectivity index (χ1n) is 11.9. The van der Waals surface area contributed by atoms with Crippen molar-refractivity contribution < 1.29 is 35.0 Å². The molecule has 37 heavy (non-hydrogen) atoms. The third-order valence-corrected chi connectivity index (χ3v) is 6.86. The van der Waals surface area contributed by atoms with E-state index >= 15 is 0 Å². The summed E-state index contributed by atoms with van der Waals surface area (Å²) in [4.78, 5) is 25.1. The molecule has 0 saturated carbocycles. The summed E-state index contributed by atoms with van der Waals surface area (Å²) >= 11 is 1.56. The van der Waals surface area contributed by atoms with Crippen LogP contribution in [0.3, 0.4) is 0 Å². The Labute approximate surface area is 236 Å². The molecule has 0 unspecified atom stereocenters. The van der Waals surface area contributed by atoms with Gasteiger partial charge in [0.05, 0.1) is 0 Å². The summed E-state index contributed by atoms with van der Waals surface area (Å²) in [5.74, 6) is -0.756. The number of thioether (sulfide) groups is 1. The summed E-state index contributed by atoms with van der Waals surface area (Å²) in [6.07, 6.45) is 2.29. The Kier molecular flexibility index (Phi) is 10.2. The molecular weight excluding hydrogens is 473 g/mol. The minimum absolute atomic E-state index is 0. The van der Waals surface area contributed by atoms with Gasteiger partial charge in [-0.2, -0.15) is 11.8 Å². The normalized spacial score (nSPS) is 11.3. The molecule has 6 heteroatoms. The molecular formula is C31H30LiNO3S.